The van der Waals surface area contributed by atoms with E-state index in [1.54, 1.807) is 0 Å². The van der Waals surface area contributed by atoms with Crippen molar-refractivity contribution < 1.29 is 0 Å². The van der Waals surface area contributed by atoms with Gasteiger partial charge in [-0.1, -0.05) is 26.2 Å². The van der Waals surface area contributed by atoms with Crippen LogP contribution in [0.15, 0.2) is 10.9 Å². The molecule has 0 atom stereocenters. The molecule has 1 aliphatic heterocycles. The summed E-state index contributed by atoms with van der Waals surface area (Å²) in [6.07, 6.45) is 7.22. The lowest BCUT2D eigenvalue weighted by Gasteiger charge is -2.33. The van der Waals surface area contributed by atoms with Crippen LogP contribution in [-0.4, -0.2) is 29.6 Å². The zero-order valence-corrected chi connectivity index (χ0v) is 14.0. The third-order valence-corrected chi connectivity index (χ3v) is 5.18. The minimum Gasteiger partial charge on any atom is -0.313 e. The molecule has 1 aromatic heterocycles. The first kappa shape index (κ1) is 15.8. The van der Waals surface area contributed by atoms with Crippen molar-refractivity contribution in [2.75, 3.05) is 20.1 Å². The van der Waals surface area contributed by atoms with Gasteiger partial charge in [-0.15, -0.1) is 0 Å². The van der Waals surface area contributed by atoms with E-state index in [0.717, 1.165) is 31.6 Å². The van der Waals surface area contributed by atoms with E-state index in [0.29, 0.717) is 12.6 Å². The molecule has 122 valence electrons. The molecule has 22 heavy (non-hydrogen) atoms. The van der Waals surface area contributed by atoms with E-state index in [-0.39, 0.29) is 5.56 Å². The van der Waals surface area contributed by atoms with Gasteiger partial charge in [0.2, 0.25) is 0 Å². The molecule has 0 radical (unpaired) electrons. The molecule has 0 spiro atoms. The highest BCUT2D eigenvalue weighted by atomic mass is 16.1. The average molecular weight is 303 g/mol. The molecule has 0 unspecified atom stereocenters. The Bertz CT molecular complexity index is 572. The number of nitrogens with zero attached hydrogens (tertiary/aromatic N) is 2. The molecule has 4 nitrogen and oxygen atoms in total. The molecular formula is C18H29N3O. The second-order valence-electron chi connectivity index (χ2n) is 6.88. The summed E-state index contributed by atoms with van der Waals surface area (Å²) in [5.41, 5.74) is 3.89. The maximum atomic E-state index is 13.0. The monoisotopic (exact) mass is 303 g/mol. The molecule has 4 heteroatoms. The van der Waals surface area contributed by atoms with E-state index in [4.69, 9.17) is 0 Å². The van der Waals surface area contributed by atoms with Gasteiger partial charge in [-0.2, -0.15) is 0 Å². The Morgan fingerprint density at radius 2 is 2.05 bits per heavy atom. The van der Waals surface area contributed by atoms with Crippen LogP contribution in [0.5, 0.6) is 0 Å². The molecule has 2 aliphatic rings. The number of pyridine rings is 1. The van der Waals surface area contributed by atoms with Crippen LogP contribution in [0.1, 0.15) is 61.9 Å². The summed E-state index contributed by atoms with van der Waals surface area (Å²) in [6, 6.07) is 2.59. The van der Waals surface area contributed by atoms with E-state index < -0.39 is 0 Å². The third-order valence-electron chi connectivity index (χ3n) is 5.18. The van der Waals surface area contributed by atoms with Gasteiger partial charge in [0.1, 0.15) is 0 Å². The van der Waals surface area contributed by atoms with Gasteiger partial charge in [0, 0.05) is 43.4 Å². The molecular weight excluding hydrogens is 274 g/mol. The second-order valence-corrected chi connectivity index (χ2v) is 6.88. The fraction of sp³-hybridized carbons (Fsp3) is 0.722. The lowest BCUT2D eigenvalue weighted by molar-refractivity contribution is 0.285. The maximum Gasteiger partial charge on any atom is 0.255 e. The van der Waals surface area contributed by atoms with Gasteiger partial charge in [-0.3, -0.25) is 4.79 Å². The van der Waals surface area contributed by atoms with Crippen LogP contribution >= 0.6 is 0 Å². The van der Waals surface area contributed by atoms with Crippen LogP contribution in [0.25, 0.3) is 0 Å². The summed E-state index contributed by atoms with van der Waals surface area (Å²) in [5, 5.41) is 3.33. The highest BCUT2D eigenvalue weighted by molar-refractivity contribution is 5.29. The molecule has 0 amide bonds. The lowest BCUT2D eigenvalue weighted by atomic mass is 9.93. The Balaban J connectivity index is 2.04. The molecule has 1 aromatic rings. The second kappa shape index (κ2) is 6.97. The lowest BCUT2D eigenvalue weighted by Crippen LogP contribution is -2.38. The first-order valence-corrected chi connectivity index (χ1v) is 8.86. The average Bonchev–Trinajstić information content (AvgIpc) is 2.54. The first-order valence-electron chi connectivity index (χ1n) is 8.86. The predicted molar refractivity (Wildman–Crippen MR) is 90.2 cm³/mol. The van der Waals surface area contributed by atoms with Gasteiger partial charge in [-0.05, 0) is 38.1 Å². The number of nitrogens with one attached hydrogen (secondary N) is 1. The predicted octanol–water partition coefficient (Wildman–Crippen LogP) is 2.45. The summed E-state index contributed by atoms with van der Waals surface area (Å²) in [7, 11) is 2.17. The number of hydrogen-bond donors (Lipinski definition) is 1. The van der Waals surface area contributed by atoms with E-state index in [1.165, 1.54) is 43.4 Å². The molecule has 0 aromatic carbocycles. The highest BCUT2D eigenvalue weighted by Gasteiger charge is 2.25. The summed E-state index contributed by atoms with van der Waals surface area (Å²) < 4.78 is 2.19. The summed E-state index contributed by atoms with van der Waals surface area (Å²) >= 11 is 0. The fourth-order valence-corrected chi connectivity index (χ4v) is 3.98. The number of rotatable bonds is 4. The third kappa shape index (κ3) is 3.13. The summed E-state index contributed by atoms with van der Waals surface area (Å²) in [6.45, 7) is 5.72. The van der Waals surface area contributed by atoms with Gasteiger partial charge in [-0.25, -0.2) is 0 Å². The molecule has 1 N–H and O–H groups in total. The van der Waals surface area contributed by atoms with E-state index in [2.05, 4.69) is 34.8 Å². The quantitative estimate of drug-likeness (QED) is 0.928. The molecule has 2 heterocycles. The molecule has 1 fully saturated rings. The minimum atomic E-state index is 0.260. The fourth-order valence-electron chi connectivity index (χ4n) is 3.98. The van der Waals surface area contributed by atoms with Crippen molar-refractivity contribution in [3.63, 3.8) is 0 Å². The van der Waals surface area contributed by atoms with Crippen molar-refractivity contribution >= 4 is 0 Å². The Morgan fingerprint density at radius 3 is 2.77 bits per heavy atom. The van der Waals surface area contributed by atoms with E-state index in [9.17, 15) is 4.79 Å². The Morgan fingerprint density at radius 1 is 1.27 bits per heavy atom. The summed E-state index contributed by atoms with van der Waals surface area (Å²) in [4.78, 5) is 15.4. The number of fused-ring (bicyclic) bond motifs is 1. The molecule has 1 aliphatic carbocycles. The number of hydrogen-bond acceptors (Lipinski definition) is 3. The Kier molecular flexibility index (Phi) is 4.99. The highest BCUT2D eigenvalue weighted by Crippen LogP contribution is 2.30. The van der Waals surface area contributed by atoms with Crippen LogP contribution in [0.2, 0.25) is 0 Å². The van der Waals surface area contributed by atoms with Crippen molar-refractivity contribution in [3.05, 3.63) is 33.2 Å². The Labute approximate surface area is 133 Å². The van der Waals surface area contributed by atoms with Crippen LogP contribution in [-0.2, 0) is 19.5 Å². The topological polar surface area (TPSA) is 37.3 Å². The minimum absolute atomic E-state index is 0.260. The van der Waals surface area contributed by atoms with Crippen molar-refractivity contribution in [1.82, 2.24) is 14.8 Å². The Hall–Kier alpha value is -1.13. The van der Waals surface area contributed by atoms with Gasteiger partial charge in [0.25, 0.3) is 5.56 Å². The SMILES string of the molecule is CCNCc1cc2c(n(C3CCCCC3)c1=O)CCN(C)C2. The first-order chi connectivity index (χ1) is 10.7. The van der Waals surface area contributed by atoms with Crippen molar-refractivity contribution in [2.24, 2.45) is 0 Å². The summed E-state index contributed by atoms with van der Waals surface area (Å²) in [5.74, 6) is 0. The molecule has 0 bridgehead atoms. The molecule has 3 rings (SSSR count). The van der Waals surface area contributed by atoms with Gasteiger partial charge < -0.3 is 14.8 Å². The van der Waals surface area contributed by atoms with Crippen LogP contribution in [0.3, 0.4) is 0 Å². The van der Waals surface area contributed by atoms with Gasteiger partial charge in [0.05, 0.1) is 0 Å². The van der Waals surface area contributed by atoms with Crippen molar-refractivity contribution in [1.29, 1.82) is 0 Å². The van der Waals surface area contributed by atoms with Crippen LogP contribution < -0.4 is 10.9 Å². The standard InChI is InChI=1S/C18H29N3O/c1-3-19-12-14-11-15-13-20(2)10-9-17(15)21(18(14)22)16-7-5-4-6-8-16/h11,16,19H,3-10,12-13H2,1-2H3. The van der Waals surface area contributed by atoms with Crippen LogP contribution in [0, 0.1) is 0 Å². The van der Waals surface area contributed by atoms with Crippen LogP contribution in [0.4, 0.5) is 0 Å². The number of aromatic nitrogens is 1. The zero-order chi connectivity index (χ0) is 15.5. The zero-order valence-electron chi connectivity index (χ0n) is 14.0. The normalized spacial score (nSPS) is 20.1. The molecule has 0 saturated heterocycles. The van der Waals surface area contributed by atoms with Gasteiger partial charge >= 0.3 is 0 Å². The maximum absolute atomic E-state index is 13.0. The van der Waals surface area contributed by atoms with E-state index in [1.807, 2.05) is 0 Å². The largest absolute Gasteiger partial charge is 0.313 e. The van der Waals surface area contributed by atoms with Crippen molar-refractivity contribution in [2.45, 2.75) is 64.6 Å². The smallest absolute Gasteiger partial charge is 0.255 e. The number of likely N-dealkylation sites (N-methyl/N-ethyl adjacent to an activating group) is 1. The van der Waals surface area contributed by atoms with Crippen molar-refractivity contribution in [3.8, 4) is 0 Å². The van der Waals surface area contributed by atoms with E-state index >= 15 is 0 Å². The molecule has 1 saturated carbocycles. The van der Waals surface area contributed by atoms with Gasteiger partial charge in [0.15, 0.2) is 0 Å².